The second kappa shape index (κ2) is 8.25. The number of fused-ring (bicyclic) bond motifs is 1. The van der Waals surface area contributed by atoms with E-state index in [-0.39, 0.29) is 11.9 Å². The maximum absolute atomic E-state index is 12.5. The van der Waals surface area contributed by atoms with Crippen molar-refractivity contribution in [2.45, 2.75) is 45.4 Å². The zero-order chi connectivity index (χ0) is 17.6. The van der Waals surface area contributed by atoms with Crippen molar-refractivity contribution in [2.75, 3.05) is 11.9 Å². The molecule has 0 radical (unpaired) electrons. The number of nitrogens with one attached hydrogen (secondary N) is 1. The molecular formula is C19H22N2O3S. The number of carbonyl (C=O) groups excluding carboxylic acids is 2. The van der Waals surface area contributed by atoms with Gasteiger partial charge in [-0.15, -0.1) is 11.3 Å². The van der Waals surface area contributed by atoms with Crippen molar-refractivity contribution < 1.29 is 14.3 Å². The highest BCUT2D eigenvalue weighted by Crippen LogP contribution is 2.37. The molecule has 2 heterocycles. The molecule has 0 fully saturated rings. The van der Waals surface area contributed by atoms with Crippen LogP contribution in [-0.2, 0) is 17.6 Å². The summed E-state index contributed by atoms with van der Waals surface area (Å²) in [6.07, 6.45) is 9.52. The van der Waals surface area contributed by atoms with Crippen molar-refractivity contribution in [1.29, 1.82) is 0 Å². The van der Waals surface area contributed by atoms with Gasteiger partial charge >= 0.3 is 5.97 Å². The summed E-state index contributed by atoms with van der Waals surface area (Å²) in [7, 11) is 0. The Labute approximate surface area is 151 Å². The minimum absolute atomic E-state index is 0.257. The van der Waals surface area contributed by atoms with Crippen LogP contribution in [0.25, 0.3) is 0 Å². The highest BCUT2D eigenvalue weighted by molar-refractivity contribution is 7.17. The predicted molar refractivity (Wildman–Crippen MR) is 98.3 cm³/mol. The Morgan fingerprint density at radius 3 is 2.76 bits per heavy atom. The van der Waals surface area contributed by atoms with Gasteiger partial charge in [-0.1, -0.05) is 12.8 Å². The molecule has 2 aromatic rings. The third kappa shape index (κ3) is 4.07. The largest absolute Gasteiger partial charge is 0.462 e. The second-order valence-corrected chi connectivity index (χ2v) is 7.14. The third-order valence-electron chi connectivity index (χ3n) is 4.30. The van der Waals surface area contributed by atoms with Crippen LogP contribution in [0.5, 0.6) is 0 Å². The Kier molecular flexibility index (Phi) is 5.81. The number of carbonyl (C=O) groups is 2. The number of hydrogen-bond donors (Lipinski definition) is 1. The topological polar surface area (TPSA) is 68.3 Å². The second-order valence-electron chi connectivity index (χ2n) is 6.04. The number of aryl methyl sites for hydroxylation is 1. The smallest absolute Gasteiger partial charge is 0.341 e. The summed E-state index contributed by atoms with van der Waals surface area (Å²) < 4.78 is 5.26. The molecule has 132 valence electrons. The fourth-order valence-electron chi connectivity index (χ4n) is 3.10. The third-order valence-corrected chi connectivity index (χ3v) is 5.51. The van der Waals surface area contributed by atoms with Crippen LogP contribution in [0.2, 0.25) is 0 Å². The van der Waals surface area contributed by atoms with Gasteiger partial charge in [-0.05, 0) is 50.3 Å². The van der Waals surface area contributed by atoms with E-state index in [0.717, 1.165) is 31.2 Å². The molecule has 2 aromatic heterocycles. The van der Waals surface area contributed by atoms with Gasteiger partial charge in [0, 0.05) is 17.3 Å². The van der Waals surface area contributed by atoms with Crippen LogP contribution >= 0.6 is 11.3 Å². The average Bonchev–Trinajstić information content (AvgIpc) is 2.92. The maximum Gasteiger partial charge on any atom is 0.341 e. The molecule has 0 saturated heterocycles. The Morgan fingerprint density at radius 2 is 2.04 bits per heavy atom. The van der Waals surface area contributed by atoms with Gasteiger partial charge in [0.05, 0.1) is 17.7 Å². The van der Waals surface area contributed by atoms with E-state index in [1.54, 1.807) is 25.3 Å². The predicted octanol–water partition coefficient (Wildman–Crippen LogP) is 4.23. The van der Waals surface area contributed by atoms with Crippen LogP contribution in [0, 0.1) is 0 Å². The lowest BCUT2D eigenvalue weighted by molar-refractivity contribution is 0.0526. The van der Waals surface area contributed by atoms with Gasteiger partial charge in [0.15, 0.2) is 0 Å². The number of anilines is 1. The van der Waals surface area contributed by atoms with Crippen LogP contribution < -0.4 is 5.32 Å². The molecule has 0 saturated carbocycles. The van der Waals surface area contributed by atoms with Gasteiger partial charge in [0.1, 0.15) is 5.00 Å². The Balaban J connectivity index is 1.95. The van der Waals surface area contributed by atoms with Gasteiger partial charge in [0.25, 0.3) is 5.91 Å². The normalized spacial score (nSPS) is 14.1. The summed E-state index contributed by atoms with van der Waals surface area (Å²) in [4.78, 5) is 30.2. The Bertz CT molecular complexity index is 756. The number of thiophene rings is 1. The molecule has 0 aromatic carbocycles. The molecule has 1 N–H and O–H groups in total. The van der Waals surface area contributed by atoms with Crippen molar-refractivity contribution in [2.24, 2.45) is 0 Å². The van der Waals surface area contributed by atoms with Crippen molar-refractivity contribution in [3.05, 3.63) is 46.1 Å². The van der Waals surface area contributed by atoms with Crippen LogP contribution in [0.4, 0.5) is 5.00 Å². The lowest BCUT2D eigenvalue weighted by atomic mass is 9.96. The zero-order valence-electron chi connectivity index (χ0n) is 14.3. The highest BCUT2D eigenvalue weighted by atomic mass is 32.1. The first-order valence-corrected chi connectivity index (χ1v) is 9.55. The average molecular weight is 358 g/mol. The molecule has 3 rings (SSSR count). The molecule has 6 heteroatoms. The summed E-state index contributed by atoms with van der Waals surface area (Å²) in [5.74, 6) is -0.602. The first-order chi connectivity index (χ1) is 12.2. The first kappa shape index (κ1) is 17.6. The van der Waals surface area contributed by atoms with Crippen molar-refractivity contribution in [3.8, 4) is 0 Å². The van der Waals surface area contributed by atoms with Crippen molar-refractivity contribution >= 4 is 28.2 Å². The summed E-state index contributed by atoms with van der Waals surface area (Å²) in [5, 5.41) is 3.50. The number of aromatic nitrogens is 1. The summed E-state index contributed by atoms with van der Waals surface area (Å²) in [6.45, 7) is 2.11. The van der Waals surface area contributed by atoms with Gasteiger partial charge in [-0.3, -0.25) is 9.78 Å². The van der Waals surface area contributed by atoms with Gasteiger partial charge in [0.2, 0.25) is 0 Å². The number of nitrogens with zero attached hydrogens (tertiary/aromatic N) is 1. The maximum atomic E-state index is 12.5. The van der Waals surface area contributed by atoms with E-state index in [9.17, 15) is 9.59 Å². The fourth-order valence-corrected chi connectivity index (χ4v) is 4.37. The lowest BCUT2D eigenvalue weighted by Crippen LogP contribution is -2.15. The number of pyridine rings is 1. The SMILES string of the molecule is CCOC(=O)c1c(NC(=O)c2cccnc2)sc2c1CCCCCC2. The molecule has 0 aliphatic heterocycles. The molecule has 0 atom stereocenters. The van der Waals surface area contributed by atoms with E-state index in [1.807, 2.05) is 0 Å². The molecule has 25 heavy (non-hydrogen) atoms. The van der Waals surface area contributed by atoms with Crippen molar-refractivity contribution in [1.82, 2.24) is 4.98 Å². The molecule has 5 nitrogen and oxygen atoms in total. The summed E-state index contributed by atoms with van der Waals surface area (Å²) in [6, 6.07) is 3.42. The van der Waals surface area contributed by atoms with Gasteiger partial charge < -0.3 is 10.1 Å². The van der Waals surface area contributed by atoms with Crippen LogP contribution in [0.15, 0.2) is 24.5 Å². The van der Waals surface area contributed by atoms with E-state index < -0.39 is 0 Å². The molecule has 1 aliphatic carbocycles. The van der Waals surface area contributed by atoms with Gasteiger partial charge in [-0.25, -0.2) is 4.79 Å². The van der Waals surface area contributed by atoms with E-state index in [2.05, 4.69) is 10.3 Å². The molecule has 0 spiro atoms. The van der Waals surface area contributed by atoms with Crippen LogP contribution in [0.3, 0.4) is 0 Å². The summed E-state index contributed by atoms with van der Waals surface area (Å²) >= 11 is 1.51. The lowest BCUT2D eigenvalue weighted by Gasteiger charge is -2.11. The number of esters is 1. The Hall–Kier alpha value is -2.21. The molecule has 1 amide bonds. The quantitative estimate of drug-likeness (QED) is 0.831. The minimum atomic E-state index is -0.345. The fraction of sp³-hybridized carbons (Fsp3) is 0.421. The zero-order valence-corrected chi connectivity index (χ0v) is 15.2. The first-order valence-electron chi connectivity index (χ1n) is 8.73. The monoisotopic (exact) mass is 358 g/mol. The Morgan fingerprint density at radius 1 is 1.24 bits per heavy atom. The van der Waals surface area contributed by atoms with Crippen molar-refractivity contribution in [3.63, 3.8) is 0 Å². The van der Waals surface area contributed by atoms with E-state index in [1.165, 1.54) is 35.3 Å². The van der Waals surface area contributed by atoms with E-state index in [0.29, 0.717) is 22.7 Å². The van der Waals surface area contributed by atoms with Crippen LogP contribution in [0.1, 0.15) is 63.8 Å². The molecule has 0 bridgehead atoms. The highest BCUT2D eigenvalue weighted by Gasteiger charge is 2.26. The number of ether oxygens (including phenoxy) is 1. The number of rotatable bonds is 4. The van der Waals surface area contributed by atoms with Crippen LogP contribution in [-0.4, -0.2) is 23.5 Å². The molecule has 1 aliphatic rings. The van der Waals surface area contributed by atoms with E-state index in [4.69, 9.17) is 4.74 Å². The van der Waals surface area contributed by atoms with Gasteiger partial charge in [-0.2, -0.15) is 0 Å². The minimum Gasteiger partial charge on any atom is -0.462 e. The van der Waals surface area contributed by atoms with E-state index >= 15 is 0 Å². The summed E-state index contributed by atoms with van der Waals surface area (Å²) in [5.41, 5.74) is 2.07. The molecular weight excluding hydrogens is 336 g/mol. The number of amides is 1. The molecule has 0 unspecified atom stereocenters. The standard InChI is InChI=1S/C19H22N2O3S/c1-2-24-19(23)16-14-9-5-3-4-6-10-15(14)25-18(16)21-17(22)13-8-7-11-20-12-13/h7-8,11-12H,2-6,9-10H2,1H3,(H,21,22). The number of hydrogen-bond acceptors (Lipinski definition) is 5.